The Bertz CT molecular complexity index is 630. The number of piperidine rings is 1. The number of fused-ring (bicyclic) bond motifs is 3. The van der Waals surface area contributed by atoms with E-state index in [0.29, 0.717) is 18.4 Å². The first-order chi connectivity index (χ1) is 16.2. The number of rotatable bonds is 6. The molecule has 0 aromatic rings. The summed E-state index contributed by atoms with van der Waals surface area (Å²) in [6.45, 7) is 2.98. The molecule has 5 aliphatic rings. The summed E-state index contributed by atoms with van der Waals surface area (Å²) in [6, 6.07) is 0. The third-order valence-electron chi connectivity index (χ3n) is 10.2. The van der Waals surface area contributed by atoms with Crippen molar-refractivity contribution in [2.75, 3.05) is 26.3 Å². The van der Waals surface area contributed by atoms with Crippen LogP contribution in [0.2, 0.25) is 0 Å². The Kier molecular flexibility index (Phi) is 7.95. The molecule has 0 radical (unpaired) electrons. The van der Waals surface area contributed by atoms with Crippen LogP contribution in [0.5, 0.6) is 0 Å². The molecule has 0 spiro atoms. The van der Waals surface area contributed by atoms with Crippen molar-refractivity contribution in [3.05, 3.63) is 0 Å². The number of carbonyl (C=O) groups excluding carboxylic acids is 2. The normalized spacial score (nSPS) is 39.5. The Labute approximate surface area is 200 Å². The maximum atomic E-state index is 12.9. The third kappa shape index (κ3) is 5.44. The zero-order chi connectivity index (χ0) is 22.6. The van der Waals surface area contributed by atoms with E-state index >= 15 is 0 Å². The van der Waals surface area contributed by atoms with Gasteiger partial charge in [0.15, 0.2) is 0 Å². The van der Waals surface area contributed by atoms with Crippen molar-refractivity contribution < 1.29 is 19.1 Å². The first-order valence-corrected chi connectivity index (χ1v) is 14.2. The Hall–Kier alpha value is -1.10. The number of hydrogen-bond acceptors (Lipinski definition) is 4. The first-order valence-electron chi connectivity index (χ1n) is 14.2. The molecule has 186 valence electrons. The van der Waals surface area contributed by atoms with E-state index in [0.717, 1.165) is 88.2 Å². The molecule has 1 heterocycles. The van der Waals surface area contributed by atoms with Gasteiger partial charge in [-0.1, -0.05) is 25.7 Å². The average Bonchev–Trinajstić information content (AvgIpc) is 3.20. The molecule has 5 heteroatoms. The smallest absolute Gasteiger partial charge is 0.409 e. The van der Waals surface area contributed by atoms with Crippen molar-refractivity contribution >= 4 is 12.4 Å². The molecule has 0 aromatic carbocycles. The van der Waals surface area contributed by atoms with E-state index in [-0.39, 0.29) is 18.1 Å². The van der Waals surface area contributed by atoms with Crippen LogP contribution in [-0.4, -0.2) is 49.7 Å². The number of carbonyl (C=O) groups is 2. The van der Waals surface area contributed by atoms with Crippen molar-refractivity contribution in [1.29, 1.82) is 0 Å². The molecule has 4 saturated carbocycles. The van der Waals surface area contributed by atoms with Gasteiger partial charge in [0.05, 0.1) is 12.7 Å². The van der Waals surface area contributed by atoms with Gasteiger partial charge in [-0.25, -0.2) is 4.79 Å². The third-order valence-corrected chi connectivity index (χ3v) is 10.2. The van der Waals surface area contributed by atoms with Crippen molar-refractivity contribution in [1.82, 2.24) is 4.90 Å². The molecule has 1 saturated heterocycles. The molecule has 5 rings (SSSR count). The van der Waals surface area contributed by atoms with Gasteiger partial charge in [0.1, 0.15) is 6.29 Å². The van der Waals surface area contributed by atoms with Gasteiger partial charge in [-0.15, -0.1) is 0 Å². The SMILES string of the molecule is O=CC1CCC(COC2CCN(C(=O)OCC3C4CCCCC4C4CCCCC43)CC2)CC1. The summed E-state index contributed by atoms with van der Waals surface area (Å²) in [5.41, 5.74) is 0. The first kappa shape index (κ1) is 23.6. The predicted octanol–water partition coefficient (Wildman–Crippen LogP) is 5.85. The molecule has 4 unspecified atom stereocenters. The van der Waals surface area contributed by atoms with Crippen molar-refractivity contribution in [2.45, 2.75) is 96.0 Å². The molecule has 1 amide bonds. The highest BCUT2D eigenvalue weighted by atomic mass is 16.6. The van der Waals surface area contributed by atoms with Crippen LogP contribution in [0.1, 0.15) is 89.9 Å². The highest BCUT2D eigenvalue weighted by molar-refractivity contribution is 5.67. The summed E-state index contributed by atoms with van der Waals surface area (Å²) < 4.78 is 12.2. The summed E-state index contributed by atoms with van der Waals surface area (Å²) >= 11 is 0. The van der Waals surface area contributed by atoms with E-state index < -0.39 is 0 Å². The van der Waals surface area contributed by atoms with Crippen LogP contribution in [-0.2, 0) is 14.3 Å². The zero-order valence-electron chi connectivity index (χ0n) is 20.5. The number of hydrogen-bond donors (Lipinski definition) is 0. The quantitative estimate of drug-likeness (QED) is 0.467. The van der Waals surface area contributed by atoms with Crippen LogP contribution < -0.4 is 0 Å². The van der Waals surface area contributed by atoms with E-state index in [9.17, 15) is 9.59 Å². The van der Waals surface area contributed by atoms with E-state index in [1.165, 1.54) is 51.4 Å². The lowest BCUT2D eigenvalue weighted by Crippen LogP contribution is -2.42. The van der Waals surface area contributed by atoms with Crippen molar-refractivity contribution in [3.63, 3.8) is 0 Å². The van der Waals surface area contributed by atoms with Crippen LogP contribution >= 0.6 is 0 Å². The average molecular weight is 460 g/mol. The van der Waals surface area contributed by atoms with E-state index in [1.807, 2.05) is 4.90 Å². The van der Waals surface area contributed by atoms with Crippen LogP contribution in [0, 0.1) is 41.4 Å². The summed E-state index contributed by atoms with van der Waals surface area (Å²) in [6.07, 6.45) is 18.5. The summed E-state index contributed by atoms with van der Waals surface area (Å²) in [5.74, 6) is 4.92. The minimum Gasteiger partial charge on any atom is -0.449 e. The number of aldehydes is 1. The largest absolute Gasteiger partial charge is 0.449 e. The molecule has 0 aromatic heterocycles. The molecule has 5 fully saturated rings. The Morgan fingerprint density at radius 3 is 1.88 bits per heavy atom. The maximum Gasteiger partial charge on any atom is 0.409 e. The molecular formula is C28H45NO4. The van der Waals surface area contributed by atoms with Gasteiger partial charge >= 0.3 is 6.09 Å². The highest BCUT2D eigenvalue weighted by Crippen LogP contribution is 2.57. The maximum absolute atomic E-state index is 12.9. The highest BCUT2D eigenvalue weighted by Gasteiger charge is 2.51. The Morgan fingerprint density at radius 1 is 0.727 bits per heavy atom. The van der Waals surface area contributed by atoms with Gasteiger partial charge in [-0.2, -0.15) is 0 Å². The standard InChI is InChI=1S/C28H45NO4/c30-17-20-9-11-21(12-10-20)18-32-22-13-15-29(16-14-22)28(31)33-19-27-25-7-3-1-5-23(25)24-6-2-4-8-26(24)27/h17,20-27H,1-16,18-19H2. The van der Waals surface area contributed by atoms with Gasteiger partial charge < -0.3 is 19.2 Å². The van der Waals surface area contributed by atoms with Crippen LogP contribution in [0.25, 0.3) is 0 Å². The fourth-order valence-corrected chi connectivity index (χ4v) is 8.29. The summed E-state index contributed by atoms with van der Waals surface area (Å²) in [5, 5.41) is 0. The molecule has 4 aliphatic carbocycles. The molecule has 5 nitrogen and oxygen atoms in total. The van der Waals surface area contributed by atoms with E-state index in [4.69, 9.17) is 9.47 Å². The van der Waals surface area contributed by atoms with Gasteiger partial charge in [0.25, 0.3) is 0 Å². The number of amides is 1. The molecule has 4 atom stereocenters. The van der Waals surface area contributed by atoms with E-state index in [2.05, 4.69) is 0 Å². The monoisotopic (exact) mass is 459 g/mol. The second-order valence-corrected chi connectivity index (χ2v) is 11.9. The lowest BCUT2D eigenvalue weighted by molar-refractivity contribution is -0.112. The molecule has 1 aliphatic heterocycles. The fourth-order valence-electron chi connectivity index (χ4n) is 8.29. The minimum atomic E-state index is -0.0905. The topological polar surface area (TPSA) is 55.8 Å². The second kappa shape index (κ2) is 11.1. The predicted molar refractivity (Wildman–Crippen MR) is 128 cm³/mol. The summed E-state index contributed by atoms with van der Waals surface area (Å²) in [7, 11) is 0. The van der Waals surface area contributed by atoms with Crippen LogP contribution in [0.15, 0.2) is 0 Å². The molecule has 33 heavy (non-hydrogen) atoms. The zero-order valence-corrected chi connectivity index (χ0v) is 20.5. The van der Waals surface area contributed by atoms with Crippen LogP contribution in [0.4, 0.5) is 4.79 Å². The van der Waals surface area contributed by atoms with E-state index in [1.54, 1.807) is 0 Å². The number of nitrogens with zero attached hydrogens (tertiary/aromatic N) is 1. The van der Waals surface area contributed by atoms with Gasteiger partial charge in [0, 0.05) is 25.6 Å². The molecule has 0 N–H and O–H groups in total. The Balaban J connectivity index is 1.04. The molecular weight excluding hydrogens is 414 g/mol. The van der Waals surface area contributed by atoms with Crippen molar-refractivity contribution in [2.24, 2.45) is 41.4 Å². The number of ether oxygens (including phenoxy) is 2. The van der Waals surface area contributed by atoms with Gasteiger partial charge in [0.2, 0.25) is 0 Å². The second-order valence-electron chi connectivity index (χ2n) is 11.9. The Morgan fingerprint density at radius 2 is 1.30 bits per heavy atom. The van der Waals surface area contributed by atoms with Gasteiger partial charge in [-0.05, 0) is 99.7 Å². The lowest BCUT2D eigenvalue weighted by Gasteiger charge is -2.34. The fraction of sp³-hybridized carbons (Fsp3) is 0.929. The van der Waals surface area contributed by atoms with Gasteiger partial charge in [-0.3, -0.25) is 0 Å². The molecule has 0 bridgehead atoms. The van der Waals surface area contributed by atoms with Crippen molar-refractivity contribution in [3.8, 4) is 0 Å². The summed E-state index contributed by atoms with van der Waals surface area (Å²) in [4.78, 5) is 25.7. The van der Waals surface area contributed by atoms with Crippen LogP contribution in [0.3, 0.4) is 0 Å². The minimum absolute atomic E-state index is 0.0905. The number of likely N-dealkylation sites (tertiary alicyclic amines) is 1. The lowest BCUT2D eigenvalue weighted by atomic mass is 9.73.